The third kappa shape index (κ3) is 4.28. The van der Waals surface area contributed by atoms with Crippen molar-refractivity contribution in [3.05, 3.63) is 53.6 Å². The fraction of sp³-hybridized carbons (Fsp3) is 0.278. The molecule has 0 heterocycles. The summed E-state index contributed by atoms with van der Waals surface area (Å²) in [6.07, 6.45) is 1.43. The Kier molecular flexibility index (Phi) is 5.50. The van der Waals surface area contributed by atoms with Crippen LogP contribution in [0.2, 0.25) is 0 Å². The minimum Gasteiger partial charge on any atom is -0.481 e. The Morgan fingerprint density at radius 2 is 1.77 bits per heavy atom. The number of nitrogens with one attached hydrogen (secondary N) is 1. The molecule has 1 N–H and O–H groups in total. The van der Waals surface area contributed by atoms with Gasteiger partial charge in [0.1, 0.15) is 5.75 Å². The molecule has 3 nitrogen and oxygen atoms in total. The van der Waals surface area contributed by atoms with E-state index in [-0.39, 0.29) is 5.91 Å². The number of para-hydroxylation sites is 1. The molecule has 0 saturated heterocycles. The van der Waals surface area contributed by atoms with E-state index >= 15 is 0 Å². The van der Waals surface area contributed by atoms with Crippen molar-refractivity contribution in [2.24, 2.45) is 0 Å². The van der Waals surface area contributed by atoms with Gasteiger partial charge in [-0.05, 0) is 62.4 Å². The van der Waals surface area contributed by atoms with Gasteiger partial charge in [-0.2, -0.15) is 0 Å². The molecular formula is C18H21NO2S. The molecule has 0 aromatic heterocycles. The summed E-state index contributed by atoms with van der Waals surface area (Å²) in [5, 5.41) is 2.93. The van der Waals surface area contributed by atoms with Crippen molar-refractivity contribution in [3.63, 3.8) is 0 Å². The van der Waals surface area contributed by atoms with Gasteiger partial charge in [-0.15, -0.1) is 11.8 Å². The maximum atomic E-state index is 12.3. The standard InChI is InChI=1S/C18H21NO2S/c1-12-9-13(2)11-15(10-12)21-14(3)18(20)19-16-7-5-6-8-17(16)22-4/h5-11,14H,1-4H3,(H,19,20). The molecule has 0 bridgehead atoms. The number of carbonyl (C=O) groups is 1. The van der Waals surface area contributed by atoms with Crippen molar-refractivity contribution >= 4 is 23.4 Å². The van der Waals surface area contributed by atoms with Crippen molar-refractivity contribution in [2.75, 3.05) is 11.6 Å². The number of benzene rings is 2. The topological polar surface area (TPSA) is 38.3 Å². The SMILES string of the molecule is CSc1ccccc1NC(=O)C(C)Oc1cc(C)cc(C)c1. The number of hydrogen-bond acceptors (Lipinski definition) is 3. The van der Waals surface area contributed by atoms with Crippen molar-refractivity contribution in [1.29, 1.82) is 0 Å². The molecule has 0 aliphatic carbocycles. The smallest absolute Gasteiger partial charge is 0.265 e. The molecule has 0 radical (unpaired) electrons. The molecule has 0 saturated carbocycles. The van der Waals surface area contributed by atoms with Gasteiger partial charge in [-0.1, -0.05) is 18.2 Å². The second-order valence-corrected chi connectivity index (χ2v) is 6.12. The largest absolute Gasteiger partial charge is 0.481 e. The summed E-state index contributed by atoms with van der Waals surface area (Å²) >= 11 is 1.60. The first kappa shape index (κ1) is 16.4. The van der Waals surface area contributed by atoms with Crippen molar-refractivity contribution in [2.45, 2.75) is 31.8 Å². The number of hydrogen-bond donors (Lipinski definition) is 1. The van der Waals surface area contributed by atoms with Crippen LogP contribution in [0.15, 0.2) is 47.4 Å². The highest BCUT2D eigenvalue weighted by atomic mass is 32.2. The van der Waals surface area contributed by atoms with Crippen LogP contribution in [0.25, 0.3) is 0 Å². The molecule has 2 aromatic carbocycles. The minimum atomic E-state index is -0.559. The van der Waals surface area contributed by atoms with Gasteiger partial charge in [-0.25, -0.2) is 0 Å². The van der Waals surface area contributed by atoms with Gasteiger partial charge in [-0.3, -0.25) is 4.79 Å². The molecule has 2 rings (SSSR count). The van der Waals surface area contributed by atoms with Gasteiger partial charge in [0.15, 0.2) is 6.10 Å². The second kappa shape index (κ2) is 7.36. The molecule has 1 unspecified atom stereocenters. The van der Waals surface area contributed by atoms with E-state index < -0.39 is 6.10 Å². The normalized spacial score (nSPS) is 11.8. The average Bonchev–Trinajstić information content (AvgIpc) is 2.46. The maximum Gasteiger partial charge on any atom is 0.265 e. The Labute approximate surface area is 136 Å². The van der Waals surface area contributed by atoms with Crippen LogP contribution >= 0.6 is 11.8 Å². The first-order chi connectivity index (χ1) is 10.5. The van der Waals surface area contributed by atoms with Crippen LogP contribution in [0.3, 0.4) is 0 Å². The predicted molar refractivity (Wildman–Crippen MR) is 92.9 cm³/mol. The molecule has 2 aromatic rings. The second-order valence-electron chi connectivity index (χ2n) is 5.27. The monoisotopic (exact) mass is 315 g/mol. The molecule has 116 valence electrons. The van der Waals surface area contributed by atoms with Gasteiger partial charge in [0.2, 0.25) is 0 Å². The Bertz CT molecular complexity index is 650. The summed E-state index contributed by atoms with van der Waals surface area (Å²) in [5.41, 5.74) is 3.06. The summed E-state index contributed by atoms with van der Waals surface area (Å²) < 4.78 is 5.76. The minimum absolute atomic E-state index is 0.152. The lowest BCUT2D eigenvalue weighted by molar-refractivity contribution is -0.122. The third-order valence-electron chi connectivity index (χ3n) is 3.24. The Morgan fingerprint density at radius 3 is 2.41 bits per heavy atom. The zero-order valence-electron chi connectivity index (χ0n) is 13.3. The Morgan fingerprint density at radius 1 is 1.14 bits per heavy atom. The van der Waals surface area contributed by atoms with Crippen LogP contribution in [0, 0.1) is 13.8 Å². The van der Waals surface area contributed by atoms with Crippen molar-refractivity contribution in [1.82, 2.24) is 0 Å². The Balaban J connectivity index is 2.06. The summed E-state index contributed by atoms with van der Waals surface area (Å²) in [4.78, 5) is 13.3. The molecule has 1 atom stereocenters. The van der Waals surface area contributed by atoms with Crippen molar-refractivity contribution < 1.29 is 9.53 Å². The van der Waals surface area contributed by atoms with Crippen LogP contribution in [0.4, 0.5) is 5.69 Å². The summed E-state index contributed by atoms with van der Waals surface area (Å²) in [7, 11) is 0. The molecule has 0 fully saturated rings. The number of ether oxygens (including phenoxy) is 1. The Hall–Kier alpha value is -1.94. The van der Waals surface area contributed by atoms with E-state index in [1.165, 1.54) is 0 Å². The summed E-state index contributed by atoms with van der Waals surface area (Å²) in [6.45, 7) is 5.79. The van der Waals surface area contributed by atoms with Crippen LogP contribution < -0.4 is 10.1 Å². The zero-order chi connectivity index (χ0) is 16.1. The number of amides is 1. The average molecular weight is 315 g/mol. The molecule has 0 spiro atoms. The maximum absolute atomic E-state index is 12.3. The van der Waals surface area contributed by atoms with Gasteiger partial charge >= 0.3 is 0 Å². The fourth-order valence-corrected chi connectivity index (χ4v) is 2.79. The third-order valence-corrected chi connectivity index (χ3v) is 4.04. The predicted octanol–water partition coefficient (Wildman–Crippen LogP) is 4.43. The number of carbonyl (C=O) groups excluding carboxylic acids is 1. The van der Waals surface area contributed by atoms with E-state index in [1.807, 2.05) is 56.5 Å². The van der Waals surface area contributed by atoms with E-state index in [9.17, 15) is 4.79 Å². The number of anilines is 1. The summed E-state index contributed by atoms with van der Waals surface area (Å²) in [5.74, 6) is 0.568. The molecule has 0 aliphatic rings. The zero-order valence-corrected chi connectivity index (χ0v) is 14.2. The van der Waals surface area contributed by atoms with Gasteiger partial charge in [0.05, 0.1) is 5.69 Å². The summed E-state index contributed by atoms with van der Waals surface area (Å²) in [6, 6.07) is 13.7. The molecule has 1 amide bonds. The molecule has 0 aliphatic heterocycles. The first-order valence-corrected chi connectivity index (χ1v) is 8.41. The lowest BCUT2D eigenvalue weighted by Gasteiger charge is -2.16. The molecule has 22 heavy (non-hydrogen) atoms. The lowest BCUT2D eigenvalue weighted by Crippen LogP contribution is -2.30. The van der Waals surface area contributed by atoms with Gasteiger partial charge < -0.3 is 10.1 Å². The lowest BCUT2D eigenvalue weighted by atomic mass is 10.1. The quantitative estimate of drug-likeness (QED) is 0.829. The van der Waals surface area contributed by atoms with E-state index in [0.29, 0.717) is 0 Å². The van der Waals surface area contributed by atoms with E-state index in [2.05, 4.69) is 11.4 Å². The molecule has 4 heteroatoms. The highest BCUT2D eigenvalue weighted by molar-refractivity contribution is 7.98. The first-order valence-electron chi connectivity index (χ1n) is 7.18. The van der Waals surface area contributed by atoms with E-state index in [0.717, 1.165) is 27.5 Å². The highest BCUT2D eigenvalue weighted by Crippen LogP contribution is 2.25. The molecular weight excluding hydrogens is 294 g/mol. The fourth-order valence-electron chi connectivity index (χ4n) is 2.24. The number of thioether (sulfide) groups is 1. The van der Waals surface area contributed by atoms with Gasteiger partial charge in [0, 0.05) is 4.90 Å². The van der Waals surface area contributed by atoms with Crippen molar-refractivity contribution in [3.8, 4) is 5.75 Å². The number of rotatable bonds is 5. The highest BCUT2D eigenvalue weighted by Gasteiger charge is 2.16. The van der Waals surface area contributed by atoms with Crippen LogP contribution in [-0.4, -0.2) is 18.3 Å². The van der Waals surface area contributed by atoms with Crippen LogP contribution in [0.1, 0.15) is 18.1 Å². The number of aryl methyl sites for hydroxylation is 2. The van der Waals surface area contributed by atoms with E-state index in [1.54, 1.807) is 18.7 Å². The van der Waals surface area contributed by atoms with Crippen LogP contribution in [-0.2, 0) is 4.79 Å². The van der Waals surface area contributed by atoms with E-state index in [4.69, 9.17) is 4.74 Å². The van der Waals surface area contributed by atoms with Crippen LogP contribution in [0.5, 0.6) is 5.75 Å². The van der Waals surface area contributed by atoms with Gasteiger partial charge in [0.25, 0.3) is 5.91 Å².